The Labute approximate surface area is 174 Å². The molecule has 7 nitrogen and oxygen atoms in total. The predicted octanol–water partition coefficient (Wildman–Crippen LogP) is 5.17. The molecule has 0 saturated carbocycles. The van der Waals surface area contributed by atoms with Crippen molar-refractivity contribution in [3.8, 4) is 22.4 Å². The van der Waals surface area contributed by atoms with Crippen molar-refractivity contribution >= 4 is 22.2 Å². The van der Waals surface area contributed by atoms with E-state index in [1.54, 1.807) is 6.20 Å². The highest BCUT2D eigenvalue weighted by molar-refractivity contribution is 5.94. The SMILES string of the molecule is CC(C)n1cc(-c2cnc3[nH]cc(-c4ccc5ncn(C(C)(C)C)c5c4)c3n2)cn1. The lowest BCUT2D eigenvalue weighted by Gasteiger charge is -2.21. The number of rotatable bonds is 3. The molecular weight excluding hydrogens is 374 g/mol. The first-order chi connectivity index (χ1) is 14.3. The Hall–Kier alpha value is -3.48. The molecule has 4 aromatic heterocycles. The maximum atomic E-state index is 4.92. The number of aromatic amines is 1. The average molecular weight is 400 g/mol. The Balaban J connectivity index is 1.64. The van der Waals surface area contributed by atoms with E-state index in [1.807, 2.05) is 29.6 Å². The van der Waals surface area contributed by atoms with Crippen LogP contribution < -0.4 is 0 Å². The first kappa shape index (κ1) is 18.5. The van der Waals surface area contributed by atoms with E-state index >= 15 is 0 Å². The van der Waals surface area contributed by atoms with Gasteiger partial charge in [0.15, 0.2) is 5.65 Å². The summed E-state index contributed by atoms with van der Waals surface area (Å²) in [6.45, 7) is 10.8. The number of hydrogen-bond acceptors (Lipinski definition) is 4. The highest BCUT2D eigenvalue weighted by atomic mass is 15.3. The van der Waals surface area contributed by atoms with E-state index in [0.29, 0.717) is 6.04 Å². The van der Waals surface area contributed by atoms with Gasteiger partial charge in [-0.1, -0.05) is 6.07 Å². The van der Waals surface area contributed by atoms with Gasteiger partial charge < -0.3 is 9.55 Å². The van der Waals surface area contributed by atoms with Crippen molar-refractivity contribution in [2.24, 2.45) is 0 Å². The lowest BCUT2D eigenvalue weighted by Crippen LogP contribution is -2.20. The predicted molar refractivity (Wildman–Crippen MR) is 119 cm³/mol. The molecule has 1 aromatic carbocycles. The second-order valence-electron chi connectivity index (χ2n) is 8.95. The van der Waals surface area contributed by atoms with Crippen molar-refractivity contribution in [1.29, 1.82) is 0 Å². The van der Waals surface area contributed by atoms with Gasteiger partial charge in [0.25, 0.3) is 0 Å². The molecule has 1 N–H and O–H groups in total. The first-order valence-electron chi connectivity index (χ1n) is 10.2. The van der Waals surface area contributed by atoms with E-state index in [0.717, 1.165) is 44.6 Å². The van der Waals surface area contributed by atoms with E-state index in [9.17, 15) is 0 Å². The molecule has 0 aliphatic heterocycles. The van der Waals surface area contributed by atoms with Crippen molar-refractivity contribution in [3.05, 3.63) is 49.3 Å². The summed E-state index contributed by atoms with van der Waals surface area (Å²) in [7, 11) is 0. The summed E-state index contributed by atoms with van der Waals surface area (Å²) in [5.41, 5.74) is 7.57. The average Bonchev–Trinajstić information content (AvgIpc) is 3.43. The van der Waals surface area contributed by atoms with Crippen LogP contribution in [0.15, 0.2) is 49.3 Å². The van der Waals surface area contributed by atoms with Gasteiger partial charge in [-0.05, 0) is 52.3 Å². The Bertz CT molecular complexity index is 1360. The molecule has 0 atom stereocenters. The largest absolute Gasteiger partial charge is 0.344 e. The van der Waals surface area contributed by atoms with Gasteiger partial charge in [-0.3, -0.25) is 4.68 Å². The normalized spacial score (nSPS) is 12.5. The zero-order valence-electron chi connectivity index (χ0n) is 17.9. The molecule has 0 spiro atoms. The fraction of sp³-hybridized carbons (Fsp3) is 0.304. The fourth-order valence-corrected chi connectivity index (χ4v) is 3.71. The van der Waals surface area contributed by atoms with Crippen molar-refractivity contribution < 1.29 is 0 Å². The molecular formula is C23H25N7. The standard InChI is InChI=1S/C23H25N7/c1-14(2)30-12-16(9-27-30)19-11-25-22-21(28-19)17(10-24-22)15-6-7-18-20(8-15)29(13-26-18)23(3,4)5/h6-14H,1-5H3,(H,24,25). The lowest BCUT2D eigenvalue weighted by atomic mass is 10.1. The zero-order valence-corrected chi connectivity index (χ0v) is 17.9. The van der Waals surface area contributed by atoms with Gasteiger partial charge in [0.2, 0.25) is 0 Å². The summed E-state index contributed by atoms with van der Waals surface area (Å²) in [5, 5.41) is 4.43. The van der Waals surface area contributed by atoms with E-state index in [-0.39, 0.29) is 5.54 Å². The molecule has 0 radical (unpaired) electrons. The smallest absolute Gasteiger partial charge is 0.156 e. The van der Waals surface area contributed by atoms with E-state index in [1.165, 1.54) is 0 Å². The molecule has 5 rings (SSSR count). The maximum absolute atomic E-state index is 4.92. The number of H-pyrrole nitrogens is 1. The number of fused-ring (bicyclic) bond motifs is 2. The van der Waals surface area contributed by atoms with Crippen LogP contribution in [0, 0.1) is 0 Å². The second-order valence-corrected chi connectivity index (χ2v) is 8.95. The molecule has 30 heavy (non-hydrogen) atoms. The fourth-order valence-electron chi connectivity index (χ4n) is 3.71. The third kappa shape index (κ3) is 2.98. The first-order valence-corrected chi connectivity index (χ1v) is 10.2. The van der Waals surface area contributed by atoms with Crippen molar-refractivity contribution in [2.45, 2.75) is 46.2 Å². The summed E-state index contributed by atoms with van der Waals surface area (Å²) in [6, 6.07) is 6.64. The van der Waals surface area contributed by atoms with Gasteiger partial charge in [0, 0.05) is 35.1 Å². The number of aromatic nitrogens is 7. The molecule has 7 heteroatoms. The van der Waals surface area contributed by atoms with Crippen LogP contribution in [-0.4, -0.2) is 34.3 Å². The summed E-state index contributed by atoms with van der Waals surface area (Å²) in [4.78, 5) is 17.3. The van der Waals surface area contributed by atoms with Crippen molar-refractivity contribution in [1.82, 2.24) is 34.3 Å². The molecule has 0 aliphatic rings. The highest BCUT2D eigenvalue weighted by Gasteiger charge is 2.18. The second kappa shape index (κ2) is 6.52. The number of benzene rings is 1. The lowest BCUT2D eigenvalue weighted by molar-refractivity contribution is 0.408. The van der Waals surface area contributed by atoms with Crippen LogP contribution in [0.5, 0.6) is 0 Å². The molecule has 0 aliphatic carbocycles. The van der Waals surface area contributed by atoms with Crippen LogP contribution in [0.4, 0.5) is 0 Å². The van der Waals surface area contributed by atoms with Gasteiger partial charge in [-0.2, -0.15) is 5.10 Å². The van der Waals surface area contributed by atoms with Crippen molar-refractivity contribution in [2.75, 3.05) is 0 Å². The summed E-state index contributed by atoms with van der Waals surface area (Å²) in [6.07, 6.45) is 9.54. The minimum atomic E-state index is -0.0445. The van der Waals surface area contributed by atoms with Gasteiger partial charge >= 0.3 is 0 Å². The minimum absolute atomic E-state index is 0.0445. The quantitative estimate of drug-likeness (QED) is 0.454. The minimum Gasteiger partial charge on any atom is -0.344 e. The van der Waals surface area contributed by atoms with Crippen LogP contribution in [0.25, 0.3) is 44.6 Å². The number of nitrogens with one attached hydrogen (secondary N) is 1. The summed E-state index contributed by atoms with van der Waals surface area (Å²) < 4.78 is 4.14. The van der Waals surface area contributed by atoms with E-state index < -0.39 is 0 Å². The van der Waals surface area contributed by atoms with Crippen LogP contribution >= 0.6 is 0 Å². The molecule has 0 fully saturated rings. The Kier molecular flexibility index (Phi) is 4.03. The monoisotopic (exact) mass is 399 g/mol. The van der Waals surface area contributed by atoms with Gasteiger partial charge in [0.05, 0.1) is 35.4 Å². The Morgan fingerprint density at radius 2 is 1.87 bits per heavy atom. The maximum Gasteiger partial charge on any atom is 0.156 e. The van der Waals surface area contributed by atoms with Gasteiger partial charge in [-0.15, -0.1) is 0 Å². The number of imidazole rings is 1. The van der Waals surface area contributed by atoms with E-state index in [2.05, 4.69) is 77.4 Å². The number of hydrogen-bond donors (Lipinski definition) is 1. The van der Waals surface area contributed by atoms with Gasteiger partial charge in [0.1, 0.15) is 5.52 Å². The molecule has 152 valence electrons. The molecule has 4 heterocycles. The molecule has 0 bridgehead atoms. The Morgan fingerprint density at radius 1 is 1.03 bits per heavy atom. The molecule has 5 aromatic rings. The third-order valence-corrected chi connectivity index (χ3v) is 5.39. The van der Waals surface area contributed by atoms with Crippen LogP contribution in [0.2, 0.25) is 0 Å². The van der Waals surface area contributed by atoms with Crippen LogP contribution in [0.1, 0.15) is 40.7 Å². The molecule has 0 amide bonds. The van der Waals surface area contributed by atoms with E-state index in [4.69, 9.17) is 4.98 Å². The van der Waals surface area contributed by atoms with Crippen LogP contribution in [0.3, 0.4) is 0 Å². The van der Waals surface area contributed by atoms with Crippen molar-refractivity contribution in [3.63, 3.8) is 0 Å². The number of nitrogens with zero attached hydrogens (tertiary/aromatic N) is 6. The Morgan fingerprint density at radius 3 is 2.60 bits per heavy atom. The molecule has 0 unspecified atom stereocenters. The summed E-state index contributed by atoms with van der Waals surface area (Å²) in [5.74, 6) is 0. The summed E-state index contributed by atoms with van der Waals surface area (Å²) >= 11 is 0. The van der Waals surface area contributed by atoms with Gasteiger partial charge in [-0.25, -0.2) is 15.0 Å². The molecule has 0 saturated heterocycles. The van der Waals surface area contributed by atoms with Crippen LogP contribution in [-0.2, 0) is 5.54 Å². The zero-order chi connectivity index (χ0) is 21.0. The third-order valence-electron chi connectivity index (χ3n) is 5.39. The highest BCUT2D eigenvalue weighted by Crippen LogP contribution is 2.31. The topological polar surface area (TPSA) is 77.2 Å².